The first kappa shape index (κ1) is 22.7. The molecule has 2 heterocycles. The topological polar surface area (TPSA) is 61.8 Å². The predicted molar refractivity (Wildman–Crippen MR) is 129 cm³/mol. The van der Waals surface area contributed by atoms with E-state index in [-0.39, 0.29) is 5.82 Å². The number of piperidine rings is 1. The summed E-state index contributed by atoms with van der Waals surface area (Å²) >= 11 is 0. The molecule has 6 nitrogen and oxygen atoms in total. The molecule has 0 saturated carbocycles. The Bertz CT molecular complexity index is 1050. The van der Waals surface area contributed by atoms with E-state index in [1.54, 1.807) is 25.4 Å². The Morgan fingerprint density at radius 2 is 1.91 bits per heavy atom. The van der Waals surface area contributed by atoms with E-state index in [2.05, 4.69) is 55.8 Å². The molecule has 0 spiro atoms. The number of benzene rings is 2. The first-order valence-corrected chi connectivity index (χ1v) is 11.3. The van der Waals surface area contributed by atoms with E-state index in [1.807, 2.05) is 12.1 Å². The Morgan fingerprint density at radius 3 is 2.67 bits per heavy atom. The number of ether oxygens (including phenoxy) is 1. The molecule has 2 aromatic carbocycles. The van der Waals surface area contributed by atoms with Crippen LogP contribution in [0.3, 0.4) is 0 Å². The van der Waals surface area contributed by atoms with Gasteiger partial charge in [0, 0.05) is 57.1 Å². The SMILES string of the molecule is CN=C(NCc1cccnc1Oc1cccc(F)c1)NC1CCN(Cc2ccccc2)CC1. The van der Waals surface area contributed by atoms with Crippen molar-refractivity contribution in [2.45, 2.75) is 32.0 Å². The summed E-state index contributed by atoms with van der Waals surface area (Å²) in [5.41, 5.74) is 2.22. The average Bonchev–Trinajstić information content (AvgIpc) is 2.84. The lowest BCUT2D eigenvalue weighted by Gasteiger charge is -2.33. The molecule has 1 saturated heterocycles. The van der Waals surface area contributed by atoms with Crippen LogP contribution in [0.25, 0.3) is 0 Å². The molecular formula is C26H30FN5O. The molecule has 7 heteroatoms. The van der Waals surface area contributed by atoms with Gasteiger partial charge in [-0.05, 0) is 36.6 Å². The maximum Gasteiger partial charge on any atom is 0.224 e. The lowest BCUT2D eigenvalue weighted by Crippen LogP contribution is -2.48. The molecule has 1 aromatic heterocycles. The van der Waals surface area contributed by atoms with Crippen molar-refractivity contribution in [2.24, 2.45) is 4.99 Å². The first-order chi connectivity index (χ1) is 16.2. The summed E-state index contributed by atoms with van der Waals surface area (Å²) in [6.45, 7) is 3.59. The number of rotatable bonds is 7. The number of hydrogen-bond donors (Lipinski definition) is 2. The first-order valence-electron chi connectivity index (χ1n) is 11.3. The fourth-order valence-electron chi connectivity index (χ4n) is 3.94. The minimum Gasteiger partial charge on any atom is -0.439 e. The Hall–Kier alpha value is -3.45. The molecule has 3 aromatic rings. The van der Waals surface area contributed by atoms with Crippen LogP contribution in [0.5, 0.6) is 11.6 Å². The van der Waals surface area contributed by atoms with Crippen molar-refractivity contribution < 1.29 is 9.13 Å². The van der Waals surface area contributed by atoms with Crippen molar-refractivity contribution in [1.29, 1.82) is 0 Å². The molecule has 0 aliphatic carbocycles. The summed E-state index contributed by atoms with van der Waals surface area (Å²) in [4.78, 5) is 11.2. The number of guanidine groups is 1. The van der Waals surface area contributed by atoms with E-state index < -0.39 is 0 Å². The van der Waals surface area contributed by atoms with Crippen molar-refractivity contribution >= 4 is 5.96 Å². The highest BCUT2D eigenvalue weighted by Crippen LogP contribution is 2.23. The fraction of sp³-hybridized carbons (Fsp3) is 0.308. The quantitative estimate of drug-likeness (QED) is 0.417. The highest BCUT2D eigenvalue weighted by molar-refractivity contribution is 5.80. The lowest BCUT2D eigenvalue weighted by molar-refractivity contribution is 0.198. The second-order valence-corrected chi connectivity index (χ2v) is 8.13. The van der Waals surface area contributed by atoms with Gasteiger partial charge in [-0.25, -0.2) is 9.37 Å². The van der Waals surface area contributed by atoms with Gasteiger partial charge in [0.05, 0.1) is 0 Å². The van der Waals surface area contributed by atoms with E-state index >= 15 is 0 Å². The van der Waals surface area contributed by atoms with Gasteiger partial charge in [-0.2, -0.15) is 0 Å². The second kappa shape index (κ2) is 11.4. The van der Waals surface area contributed by atoms with E-state index in [0.717, 1.165) is 44.0 Å². The van der Waals surface area contributed by atoms with Crippen molar-refractivity contribution in [1.82, 2.24) is 20.5 Å². The van der Waals surface area contributed by atoms with E-state index in [0.29, 0.717) is 24.2 Å². The Kier molecular flexibility index (Phi) is 7.87. The van der Waals surface area contributed by atoms with Crippen molar-refractivity contribution in [3.05, 3.63) is 89.9 Å². The van der Waals surface area contributed by atoms with Gasteiger partial charge < -0.3 is 15.4 Å². The largest absolute Gasteiger partial charge is 0.439 e. The molecule has 4 rings (SSSR count). The highest BCUT2D eigenvalue weighted by Gasteiger charge is 2.20. The van der Waals surface area contributed by atoms with Gasteiger partial charge in [-0.1, -0.05) is 42.5 Å². The number of halogens is 1. The molecule has 172 valence electrons. The van der Waals surface area contributed by atoms with Crippen LogP contribution in [0.2, 0.25) is 0 Å². The van der Waals surface area contributed by atoms with Gasteiger partial charge in [0.1, 0.15) is 11.6 Å². The number of likely N-dealkylation sites (tertiary alicyclic amines) is 1. The number of nitrogens with zero attached hydrogens (tertiary/aromatic N) is 3. The fourth-order valence-corrected chi connectivity index (χ4v) is 3.94. The van der Waals surface area contributed by atoms with Crippen LogP contribution in [0.4, 0.5) is 4.39 Å². The predicted octanol–water partition coefficient (Wildman–Crippen LogP) is 4.34. The van der Waals surface area contributed by atoms with E-state index in [4.69, 9.17) is 4.74 Å². The molecule has 33 heavy (non-hydrogen) atoms. The van der Waals surface area contributed by atoms with Gasteiger partial charge in [0.2, 0.25) is 5.88 Å². The van der Waals surface area contributed by atoms with E-state index in [1.165, 1.54) is 17.7 Å². The van der Waals surface area contributed by atoms with E-state index in [9.17, 15) is 4.39 Å². The molecule has 1 aliphatic rings. The van der Waals surface area contributed by atoms with Gasteiger partial charge in [-0.15, -0.1) is 0 Å². The number of aromatic nitrogens is 1. The number of pyridine rings is 1. The number of hydrogen-bond acceptors (Lipinski definition) is 4. The summed E-state index contributed by atoms with van der Waals surface area (Å²) in [7, 11) is 1.77. The Labute approximate surface area is 194 Å². The van der Waals surface area contributed by atoms with Gasteiger partial charge in [0.25, 0.3) is 0 Å². The van der Waals surface area contributed by atoms with Gasteiger partial charge in [-0.3, -0.25) is 9.89 Å². The lowest BCUT2D eigenvalue weighted by atomic mass is 10.0. The van der Waals surface area contributed by atoms with Crippen molar-refractivity contribution in [2.75, 3.05) is 20.1 Å². The smallest absolute Gasteiger partial charge is 0.224 e. The zero-order chi connectivity index (χ0) is 22.9. The minimum absolute atomic E-state index is 0.345. The van der Waals surface area contributed by atoms with Crippen LogP contribution in [-0.2, 0) is 13.1 Å². The van der Waals surface area contributed by atoms with Crippen LogP contribution < -0.4 is 15.4 Å². The number of nitrogens with one attached hydrogen (secondary N) is 2. The molecule has 1 aliphatic heterocycles. The summed E-state index contributed by atoms with van der Waals surface area (Å²) in [5, 5.41) is 6.89. The zero-order valence-electron chi connectivity index (χ0n) is 18.9. The van der Waals surface area contributed by atoms with Crippen LogP contribution in [0, 0.1) is 5.82 Å². The molecule has 0 unspecified atom stereocenters. The molecular weight excluding hydrogens is 417 g/mol. The minimum atomic E-state index is -0.345. The zero-order valence-corrected chi connectivity index (χ0v) is 18.9. The molecule has 1 fully saturated rings. The summed E-state index contributed by atoms with van der Waals surface area (Å²) < 4.78 is 19.3. The molecule has 0 radical (unpaired) electrons. The summed E-state index contributed by atoms with van der Waals surface area (Å²) in [5.74, 6) is 1.26. The molecule has 0 amide bonds. The van der Waals surface area contributed by atoms with Gasteiger partial charge in [0.15, 0.2) is 5.96 Å². The maximum atomic E-state index is 13.5. The normalized spacial score (nSPS) is 15.3. The number of aliphatic imine (C=N–C) groups is 1. The Balaban J connectivity index is 1.27. The third kappa shape index (κ3) is 6.76. The van der Waals surface area contributed by atoms with Crippen LogP contribution >= 0.6 is 0 Å². The van der Waals surface area contributed by atoms with Crippen molar-refractivity contribution in [3.8, 4) is 11.6 Å². The van der Waals surface area contributed by atoms with Crippen LogP contribution in [-0.4, -0.2) is 42.0 Å². The van der Waals surface area contributed by atoms with Gasteiger partial charge >= 0.3 is 0 Å². The second-order valence-electron chi connectivity index (χ2n) is 8.13. The summed E-state index contributed by atoms with van der Waals surface area (Å²) in [6, 6.07) is 20.8. The van der Waals surface area contributed by atoms with Crippen LogP contribution in [0.1, 0.15) is 24.0 Å². The average molecular weight is 448 g/mol. The molecule has 0 atom stereocenters. The maximum absolute atomic E-state index is 13.5. The van der Waals surface area contributed by atoms with Crippen molar-refractivity contribution in [3.63, 3.8) is 0 Å². The third-order valence-electron chi connectivity index (χ3n) is 5.71. The highest BCUT2D eigenvalue weighted by atomic mass is 19.1. The summed E-state index contributed by atoms with van der Waals surface area (Å²) in [6.07, 6.45) is 3.79. The monoisotopic (exact) mass is 447 g/mol. The van der Waals surface area contributed by atoms with Crippen LogP contribution in [0.15, 0.2) is 77.9 Å². The molecule has 0 bridgehead atoms. The third-order valence-corrected chi connectivity index (χ3v) is 5.71. The molecule has 2 N–H and O–H groups in total. The Morgan fingerprint density at radius 1 is 1.09 bits per heavy atom. The standard InChI is InChI=1S/C26H30FN5O/c1-28-26(31-23-12-15-32(16-13-23)19-20-7-3-2-4-8-20)30-18-21-9-6-14-29-25(21)33-24-11-5-10-22(27)17-24/h2-11,14,17,23H,12-13,15-16,18-19H2,1H3,(H2,28,30,31).